The van der Waals surface area contributed by atoms with Crippen molar-refractivity contribution >= 4 is 10.4 Å². The third kappa shape index (κ3) is 45.7. The SMILES string of the molecule is CCCCCCCCCCCCCCCCCC[NH-].O=S(=O)(O)O.[Na+]. The fourth-order valence-corrected chi connectivity index (χ4v) is 2.67. The van der Waals surface area contributed by atoms with E-state index in [2.05, 4.69) is 6.92 Å². The van der Waals surface area contributed by atoms with E-state index < -0.39 is 10.4 Å². The van der Waals surface area contributed by atoms with Crippen molar-refractivity contribution in [1.29, 1.82) is 0 Å². The van der Waals surface area contributed by atoms with Gasteiger partial charge in [-0.05, 0) is 0 Å². The average Bonchev–Trinajstić information content (AvgIpc) is 2.49. The van der Waals surface area contributed by atoms with Crippen molar-refractivity contribution in [1.82, 2.24) is 0 Å². The van der Waals surface area contributed by atoms with Crippen molar-refractivity contribution in [2.75, 3.05) is 6.54 Å². The predicted octanol–water partition coefficient (Wildman–Crippen LogP) is 3.65. The molecule has 25 heavy (non-hydrogen) atoms. The minimum atomic E-state index is -4.67. The Morgan fingerprint density at radius 1 is 0.600 bits per heavy atom. The van der Waals surface area contributed by atoms with E-state index in [1.54, 1.807) is 0 Å². The van der Waals surface area contributed by atoms with E-state index in [1.807, 2.05) is 0 Å². The topological polar surface area (TPSA) is 98.4 Å². The van der Waals surface area contributed by atoms with E-state index >= 15 is 0 Å². The van der Waals surface area contributed by atoms with Gasteiger partial charge in [0.1, 0.15) is 0 Å². The van der Waals surface area contributed by atoms with Gasteiger partial charge in [-0.2, -0.15) is 15.0 Å². The van der Waals surface area contributed by atoms with E-state index in [0.717, 1.165) is 6.42 Å². The predicted molar refractivity (Wildman–Crippen MR) is 103 cm³/mol. The van der Waals surface area contributed by atoms with Gasteiger partial charge < -0.3 is 5.73 Å². The Bertz CT molecular complexity index is 303. The number of hydrogen-bond donors (Lipinski definition) is 2. The van der Waals surface area contributed by atoms with Gasteiger partial charge in [0.2, 0.25) is 0 Å². The molecule has 0 bridgehead atoms. The van der Waals surface area contributed by atoms with Crippen LogP contribution < -0.4 is 29.6 Å². The first-order chi connectivity index (χ1) is 11.4. The summed E-state index contributed by atoms with van der Waals surface area (Å²) in [4.78, 5) is 0. The van der Waals surface area contributed by atoms with Crippen LogP contribution in [0.5, 0.6) is 0 Å². The van der Waals surface area contributed by atoms with Crippen LogP contribution in [0.2, 0.25) is 0 Å². The van der Waals surface area contributed by atoms with Crippen molar-refractivity contribution in [2.24, 2.45) is 0 Å². The second-order valence-electron chi connectivity index (χ2n) is 6.50. The van der Waals surface area contributed by atoms with Crippen LogP contribution in [0.25, 0.3) is 5.73 Å². The van der Waals surface area contributed by atoms with Crippen LogP contribution in [0.3, 0.4) is 0 Å². The summed E-state index contributed by atoms with van der Waals surface area (Å²) >= 11 is 0. The van der Waals surface area contributed by atoms with E-state index in [4.69, 9.17) is 23.3 Å². The second kappa shape index (κ2) is 24.8. The van der Waals surface area contributed by atoms with Crippen molar-refractivity contribution in [3.8, 4) is 0 Å². The zero-order valence-corrected chi connectivity index (χ0v) is 19.5. The van der Waals surface area contributed by atoms with Crippen LogP contribution in [-0.2, 0) is 10.4 Å². The minimum absolute atomic E-state index is 0. The van der Waals surface area contributed by atoms with Gasteiger partial charge in [-0.15, -0.1) is 0 Å². The molecule has 0 aromatic heterocycles. The molecule has 0 amide bonds. The first-order valence-electron chi connectivity index (χ1n) is 9.76. The molecule has 0 rings (SSSR count). The first kappa shape index (κ1) is 30.6. The molecule has 5 nitrogen and oxygen atoms in total. The van der Waals surface area contributed by atoms with Gasteiger partial charge in [0, 0.05) is 0 Å². The summed E-state index contributed by atoms with van der Waals surface area (Å²) < 4.78 is 31.6. The molecule has 0 saturated carbocycles. The first-order valence-corrected chi connectivity index (χ1v) is 11.2. The van der Waals surface area contributed by atoms with Crippen molar-refractivity contribution in [3.05, 3.63) is 5.73 Å². The van der Waals surface area contributed by atoms with Crippen LogP contribution in [-0.4, -0.2) is 24.1 Å². The molecule has 0 aromatic rings. The van der Waals surface area contributed by atoms with Crippen molar-refractivity contribution in [3.63, 3.8) is 0 Å². The molecule has 0 aliphatic carbocycles. The summed E-state index contributed by atoms with van der Waals surface area (Å²) in [5.41, 5.74) is 7.08. The normalized spacial score (nSPS) is 10.7. The van der Waals surface area contributed by atoms with E-state index in [1.165, 1.54) is 96.3 Å². The van der Waals surface area contributed by atoms with Gasteiger partial charge in [-0.1, -0.05) is 110 Å². The molecule has 0 heterocycles. The van der Waals surface area contributed by atoms with E-state index in [0.29, 0.717) is 6.54 Å². The Hall–Kier alpha value is 0.830. The Morgan fingerprint density at radius 3 is 1.00 bits per heavy atom. The Labute approximate surface area is 178 Å². The summed E-state index contributed by atoms with van der Waals surface area (Å²) in [7, 11) is -4.67. The summed E-state index contributed by atoms with van der Waals surface area (Å²) in [6, 6.07) is 0. The number of rotatable bonds is 16. The number of nitrogens with one attached hydrogen (secondary N) is 1. The summed E-state index contributed by atoms with van der Waals surface area (Å²) in [5.74, 6) is 0. The molecular formula is C18H40NNaO4S. The molecule has 0 saturated heterocycles. The fraction of sp³-hybridized carbons (Fsp3) is 1.00. The van der Waals surface area contributed by atoms with Crippen LogP contribution in [0.4, 0.5) is 0 Å². The molecule has 0 atom stereocenters. The van der Waals surface area contributed by atoms with Crippen molar-refractivity contribution < 1.29 is 47.1 Å². The maximum absolute atomic E-state index is 8.74. The molecule has 3 N–H and O–H groups in total. The van der Waals surface area contributed by atoms with Gasteiger partial charge in [-0.3, -0.25) is 9.11 Å². The molecule has 0 spiro atoms. The van der Waals surface area contributed by atoms with Gasteiger partial charge in [0.15, 0.2) is 0 Å². The molecule has 7 heteroatoms. The fourth-order valence-electron chi connectivity index (χ4n) is 2.67. The third-order valence-electron chi connectivity index (χ3n) is 4.03. The maximum atomic E-state index is 8.74. The standard InChI is InChI=1S/C18H38N.Na.H2O4S/c1-2-3-4-5-6-7-8-9-10-11-12-13-14-15-16-17-18-19;;1-5(2,3)4/h19H,2-18H2,1H3;;(H2,1,2,3,4)/q-1;+1;. The number of hydrogen-bond acceptors (Lipinski definition) is 2. The van der Waals surface area contributed by atoms with Crippen LogP contribution in [0.1, 0.15) is 110 Å². The van der Waals surface area contributed by atoms with Gasteiger partial charge >= 0.3 is 40.0 Å². The summed E-state index contributed by atoms with van der Waals surface area (Å²) in [5, 5.41) is 0. The number of unbranched alkanes of at least 4 members (excludes halogenated alkanes) is 15. The van der Waals surface area contributed by atoms with Crippen LogP contribution >= 0.6 is 0 Å². The Kier molecular flexibility index (Phi) is 30.3. The Balaban J connectivity index is -0.000000704. The molecular weight excluding hydrogens is 349 g/mol. The van der Waals surface area contributed by atoms with E-state index in [9.17, 15) is 0 Å². The molecule has 0 aliphatic heterocycles. The quantitative estimate of drug-likeness (QED) is 0.239. The van der Waals surface area contributed by atoms with Gasteiger partial charge in [0.25, 0.3) is 0 Å². The van der Waals surface area contributed by atoms with Crippen LogP contribution in [0, 0.1) is 0 Å². The smallest absolute Gasteiger partial charge is 0.677 e. The largest absolute Gasteiger partial charge is 1.00 e. The molecule has 0 radical (unpaired) electrons. The third-order valence-corrected chi connectivity index (χ3v) is 4.03. The van der Waals surface area contributed by atoms with E-state index in [-0.39, 0.29) is 29.6 Å². The van der Waals surface area contributed by atoms with Crippen LogP contribution in [0.15, 0.2) is 0 Å². The second-order valence-corrected chi connectivity index (χ2v) is 7.40. The van der Waals surface area contributed by atoms with Gasteiger partial charge in [0.05, 0.1) is 0 Å². The molecule has 0 aliphatic rings. The van der Waals surface area contributed by atoms with Gasteiger partial charge in [-0.25, -0.2) is 0 Å². The summed E-state index contributed by atoms with van der Waals surface area (Å²) in [6.07, 6.45) is 22.5. The monoisotopic (exact) mass is 389 g/mol. The molecule has 148 valence electrons. The molecule has 0 fully saturated rings. The maximum Gasteiger partial charge on any atom is 1.00 e. The minimum Gasteiger partial charge on any atom is -0.677 e. The summed E-state index contributed by atoms with van der Waals surface area (Å²) in [6.45, 7) is 2.91. The zero-order valence-electron chi connectivity index (χ0n) is 16.6. The zero-order chi connectivity index (χ0) is 18.5. The van der Waals surface area contributed by atoms with Crippen molar-refractivity contribution in [2.45, 2.75) is 110 Å². The molecule has 0 unspecified atom stereocenters. The average molecular weight is 390 g/mol. The Morgan fingerprint density at radius 2 is 0.800 bits per heavy atom. The molecule has 0 aromatic carbocycles.